The Hall–Kier alpha value is -0.940. The molecule has 1 N–H and O–H groups in total. The van der Waals surface area contributed by atoms with Crippen LogP contribution in [0.25, 0.3) is 0 Å². The minimum absolute atomic E-state index is 0.203. The number of nitrogens with zero attached hydrogens (tertiary/aromatic N) is 2. The number of pyridine rings is 1. The molecule has 5 heteroatoms. The van der Waals surface area contributed by atoms with E-state index in [4.69, 9.17) is 0 Å². The van der Waals surface area contributed by atoms with E-state index in [2.05, 4.69) is 31.9 Å². The highest BCUT2D eigenvalue weighted by atomic mass is 79.9. The molecule has 1 aromatic rings. The molecule has 1 aliphatic heterocycles. The summed E-state index contributed by atoms with van der Waals surface area (Å²) in [5.41, 5.74) is 0.502. The Labute approximate surface area is 128 Å². The van der Waals surface area contributed by atoms with Gasteiger partial charge >= 0.3 is 5.97 Å². The summed E-state index contributed by atoms with van der Waals surface area (Å²) >= 11 is 3.43. The van der Waals surface area contributed by atoms with Crippen molar-refractivity contribution in [2.45, 2.75) is 33.2 Å². The minimum atomic E-state index is -0.700. The predicted octanol–water partition coefficient (Wildman–Crippen LogP) is 3.17. The van der Waals surface area contributed by atoms with Gasteiger partial charge in [-0.2, -0.15) is 0 Å². The van der Waals surface area contributed by atoms with Crippen molar-refractivity contribution in [3.63, 3.8) is 0 Å². The van der Waals surface area contributed by atoms with Crippen LogP contribution < -0.4 is 0 Å². The zero-order valence-corrected chi connectivity index (χ0v) is 13.6. The summed E-state index contributed by atoms with van der Waals surface area (Å²) in [4.78, 5) is 17.9. The van der Waals surface area contributed by atoms with Crippen molar-refractivity contribution in [3.05, 3.63) is 28.5 Å². The molecule has 0 saturated carbocycles. The Bertz CT molecular complexity index is 491. The highest BCUT2D eigenvalue weighted by Crippen LogP contribution is 2.34. The van der Waals surface area contributed by atoms with Crippen LogP contribution in [0.4, 0.5) is 0 Å². The van der Waals surface area contributed by atoms with Gasteiger partial charge in [-0.1, -0.05) is 0 Å². The summed E-state index contributed by atoms with van der Waals surface area (Å²) < 4.78 is 0.981. The number of aliphatic carboxylic acids is 1. The zero-order chi connectivity index (χ0) is 14.8. The van der Waals surface area contributed by atoms with Crippen LogP contribution in [-0.4, -0.2) is 34.0 Å². The van der Waals surface area contributed by atoms with E-state index in [0.717, 1.165) is 42.5 Å². The van der Waals surface area contributed by atoms with Gasteiger partial charge in [0, 0.05) is 30.0 Å². The molecule has 0 aromatic carbocycles. The van der Waals surface area contributed by atoms with E-state index in [1.54, 1.807) is 6.20 Å². The second-order valence-corrected chi connectivity index (χ2v) is 7.03. The van der Waals surface area contributed by atoms with Crippen molar-refractivity contribution in [1.82, 2.24) is 9.88 Å². The van der Waals surface area contributed by atoms with Crippen LogP contribution in [0.15, 0.2) is 22.9 Å². The normalized spacial score (nSPS) is 20.9. The molecule has 4 nitrogen and oxygen atoms in total. The third-order valence-corrected chi connectivity index (χ3v) is 4.68. The van der Waals surface area contributed by atoms with Gasteiger partial charge in [-0.3, -0.25) is 14.7 Å². The van der Waals surface area contributed by atoms with Gasteiger partial charge in [-0.15, -0.1) is 0 Å². The number of carboxylic acids is 1. The van der Waals surface area contributed by atoms with Gasteiger partial charge in [0.2, 0.25) is 0 Å². The molecule has 1 aromatic heterocycles. The second kappa shape index (κ2) is 6.22. The lowest BCUT2D eigenvalue weighted by molar-refractivity contribution is -0.151. The van der Waals surface area contributed by atoms with Gasteiger partial charge < -0.3 is 5.11 Å². The SMILES string of the molecule is CC(C)(C(=O)O)C1CCCN(Cc2cncc(Br)c2)C1. The van der Waals surface area contributed by atoms with Crippen molar-refractivity contribution in [2.24, 2.45) is 11.3 Å². The Morgan fingerprint density at radius 2 is 2.30 bits per heavy atom. The molecule has 0 spiro atoms. The number of hydrogen-bond acceptors (Lipinski definition) is 3. The maximum atomic E-state index is 11.4. The number of hydrogen-bond donors (Lipinski definition) is 1. The lowest BCUT2D eigenvalue weighted by Crippen LogP contribution is -2.44. The molecule has 1 fully saturated rings. The number of carboxylic acid groups (broad SMARTS) is 1. The molecule has 2 rings (SSSR count). The number of halogens is 1. The Kier molecular flexibility index (Phi) is 4.81. The second-order valence-electron chi connectivity index (χ2n) is 6.11. The third-order valence-electron chi connectivity index (χ3n) is 4.25. The fraction of sp³-hybridized carbons (Fsp3) is 0.600. The van der Waals surface area contributed by atoms with E-state index in [1.165, 1.54) is 0 Å². The summed E-state index contributed by atoms with van der Waals surface area (Å²) in [6.45, 7) is 6.37. The van der Waals surface area contributed by atoms with Gasteiger partial charge in [0.1, 0.15) is 0 Å². The molecule has 20 heavy (non-hydrogen) atoms. The number of carbonyl (C=O) groups is 1. The summed E-state index contributed by atoms with van der Waals surface area (Å²) in [5, 5.41) is 9.37. The van der Waals surface area contributed by atoms with E-state index in [9.17, 15) is 9.90 Å². The Balaban J connectivity index is 2.02. The zero-order valence-electron chi connectivity index (χ0n) is 12.0. The molecule has 1 unspecified atom stereocenters. The van der Waals surface area contributed by atoms with Crippen LogP contribution >= 0.6 is 15.9 Å². The van der Waals surface area contributed by atoms with E-state index in [-0.39, 0.29) is 5.92 Å². The molecular formula is C15H21BrN2O2. The first-order valence-electron chi connectivity index (χ1n) is 6.95. The quantitative estimate of drug-likeness (QED) is 0.914. The van der Waals surface area contributed by atoms with Gasteiger partial charge in [-0.05, 0) is 66.7 Å². The minimum Gasteiger partial charge on any atom is -0.481 e. The summed E-state index contributed by atoms with van der Waals surface area (Å²) in [6, 6.07) is 2.07. The topological polar surface area (TPSA) is 53.4 Å². The largest absolute Gasteiger partial charge is 0.481 e. The standard InChI is InChI=1S/C15H21BrN2O2/c1-15(2,14(19)20)12-4-3-5-18(10-12)9-11-6-13(16)8-17-7-11/h6-8,12H,3-5,9-10H2,1-2H3,(H,19,20). The van der Waals surface area contributed by atoms with Gasteiger partial charge in [0.05, 0.1) is 5.41 Å². The van der Waals surface area contributed by atoms with Gasteiger partial charge in [0.25, 0.3) is 0 Å². The van der Waals surface area contributed by atoms with Crippen LogP contribution in [0.5, 0.6) is 0 Å². The van der Waals surface area contributed by atoms with Crippen LogP contribution in [0.1, 0.15) is 32.3 Å². The molecule has 0 bridgehead atoms. The maximum Gasteiger partial charge on any atom is 0.309 e. The summed E-state index contributed by atoms with van der Waals surface area (Å²) in [7, 11) is 0. The molecule has 0 amide bonds. The molecule has 110 valence electrons. The van der Waals surface area contributed by atoms with Gasteiger partial charge in [0.15, 0.2) is 0 Å². The molecule has 1 saturated heterocycles. The third kappa shape index (κ3) is 3.58. The van der Waals surface area contributed by atoms with Gasteiger partial charge in [-0.25, -0.2) is 0 Å². The number of aromatic nitrogens is 1. The average molecular weight is 341 g/mol. The van der Waals surface area contributed by atoms with E-state index in [1.807, 2.05) is 20.0 Å². The lowest BCUT2D eigenvalue weighted by atomic mass is 9.74. The lowest BCUT2D eigenvalue weighted by Gasteiger charge is -2.39. The molecule has 0 radical (unpaired) electrons. The smallest absolute Gasteiger partial charge is 0.309 e. The highest BCUT2D eigenvalue weighted by Gasteiger charge is 2.38. The van der Waals surface area contributed by atoms with Crippen molar-refractivity contribution < 1.29 is 9.90 Å². The average Bonchev–Trinajstić information content (AvgIpc) is 2.39. The van der Waals surface area contributed by atoms with Crippen LogP contribution in [0, 0.1) is 11.3 Å². The number of likely N-dealkylation sites (tertiary alicyclic amines) is 1. The molecule has 1 aliphatic rings. The monoisotopic (exact) mass is 340 g/mol. The Morgan fingerprint density at radius 3 is 2.95 bits per heavy atom. The van der Waals surface area contributed by atoms with E-state index < -0.39 is 11.4 Å². The Morgan fingerprint density at radius 1 is 1.55 bits per heavy atom. The van der Waals surface area contributed by atoms with Crippen molar-refractivity contribution >= 4 is 21.9 Å². The van der Waals surface area contributed by atoms with Crippen molar-refractivity contribution in [2.75, 3.05) is 13.1 Å². The van der Waals surface area contributed by atoms with Crippen LogP contribution in [-0.2, 0) is 11.3 Å². The highest BCUT2D eigenvalue weighted by molar-refractivity contribution is 9.10. The fourth-order valence-electron chi connectivity index (χ4n) is 2.76. The predicted molar refractivity (Wildman–Crippen MR) is 81.4 cm³/mol. The van der Waals surface area contributed by atoms with E-state index in [0.29, 0.717) is 0 Å². The molecule has 2 heterocycles. The van der Waals surface area contributed by atoms with Crippen LogP contribution in [0.3, 0.4) is 0 Å². The van der Waals surface area contributed by atoms with Crippen molar-refractivity contribution in [1.29, 1.82) is 0 Å². The van der Waals surface area contributed by atoms with E-state index >= 15 is 0 Å². The van der Waals surface area contributed by atoms with Crippen LogP contribution in [0.2, 0.25) is 0 Å². The summed E-state index contributed by atoms with van der Waals surface area (Å²) in [6.07, 6.45) is 5.70. The first-order valence-corrected chi connectivity index (χ1v) is 7.74. The molecular weight excluding hydrogens is 320 g/mol. The van der Waals surface area contributed by atoms with Crippen molar-refractivity contribution in [3.8, 4) is 0 Å². The summed E-state index contributed by atoms with van der Waals surface area (Å²) in [5.74, 6) is -0.498. The molecule has 1 atom stereocenters. The fourth-order valence-corrected chi connectivity index (χ4v) is 3.18. The first kappa shape index (κ1) is 15.4. The number of piperidine rings is 1. The first-order chi connectivity index (χ1) is 9.39. The number of rotatable bonds is 4. The maximum absolute atomic E-state index is 11.4. The molecule has 0 aliphatic carbocycles.